The van der Waals surface area contributed by atoms with Crippen molar-refractivity contribution in [3.63, 3.8) is 0 Å². The molecule has 106 valence electrons. The number of anilines is 2. The number of H-pyrrole nitrogens is 1. The summed E-state index contributed by atoms with van der Waals surface area (Å²) in [6.07, 6.45) is 1.05. The second kappa shape index (κ2) is 5.13. The van der Waals surface area contributed by atoms with Crippen molar-refractivity contribution < 1.29 is 4.74 Å². The lowest BCUT2D eigenvalue weighted by molar-refractivity contribution is 0.161. The zero-order valence-corrected chi connectivity index (χ0v) is 11.4. The Balaban J connectivity index is 1.94. The van der Waals surface area contributed by atoms with E-state index in [4.69, 9.17) is 10.5 Å². The molecule has 2 aromatic rings. The number of aromatic amines is 1. The summed E-state index contributed by atoms with van der Waals surface area (Å²) >= 11 is 0. The molecule has 1 fully saturated rings. The number of rotatable bonds is 3. The molecule has 1 unspecified atom stereocenters. The topological polar surface area (TPSA) is 84.2 Å². The van der Waals surface area contributed by atoms with Gasteiger partial charge in [-0.05, 0) is 24.6 Å². The molecular weight excluding hydrogens is 256 g/mol. The van der Waals surface area contributed by atoms with Crippen molar-refractivity contribution in [2.24, 2.45) is 5.92 Å². The zero-order chi connectivity index (χ0) is 14.1. The van der Waals surface area contributed by atoms with Crippen LogP contribution < -0.4 is 16.2 Å². The van der Waals surface area contributed by atoms with Crippen LogP contribution in [0.5, 0.6) is 0 Å². The van der Waals surface area contributed by atoms with Crippen LogP contribution in [0, 0.1) is 5.92 Å². The third-order valence-electron chi connectivity index (χ3n) is 3.70. The van der Waals surface area contributed by atoms with Crippen LogP contribution in [-0.4, -0.2) is 36.8 Å². The van der Waals surface area contributed by atoms with Crippen molar-refractivity contribution in [1.29, 1.82) is 0 Å². The van der Waals surface area contributed by atoms with Gasteiger partial charge >= 0.3 is 0 Å². The Labute approximate surface area is 116 Å². The standard InChI is InChI=1S/C14H18N4O2/c1-20-8-9-4-5-18(7-9)14-16-12-3-2-10(15)6-11(12)13(19)17-14/h2-3,6,9H,4-5,7-8,15H2,1H3,(H,16,17,19). The van der Waals surface area contributed by atoms with E-state index < -0.39 is 0 Å². The molecule has 20 heavy (non-hydrogen) atoms. The molecule has 1 aliphatic rings. The Kier molecular flexibility index (Phi) is 3.31. The maximum absolute atomic E-state index is 12.1. The summed E-state index contributed by atoms with van der Waals surface area (Å²) in [5.74, 6) is 1.12. The predicted octanol–water partition coefficient (Wildman–Crippen LogP) is 0.978. The number of hydrogen-bond acceptors (Lipinski definition) is 5. The molecule has 6 heteroatoms. The third kappa shape index (κ3) is 2.34. The molecule has 0 spiro atoms. The molecule has 2 heterocycles. The molecule has 6 nitrogen and oxygen atoms in total. The highest BCUT2D eigenvalue weighted by atomic mass is 16.5. The molecule has 1 aliphatic heterocycles. The number of nitrogens with one attached hydrogen (secondary N) is 1. The molecule has 1 aromatic heterocycles. The largest absolute Gasteiger partial charge is 0.399 e. The lowest BCUT2D eigenvalue weighted by Crippen LogP contribution is -2.25. The van der Waals surface area contributed by atoms with Gasteiger partial charge in [-0.3, -0.25) is 9.78 Å². The summed E-state index contributed by atoms with van der Waals surface area (Å²) in [7, 11) is 1.71. The van der Waals surface area contributed by atoms with E-state index in [1.54, 1.807) is 25.3 Å². The fourth-order valence-electron chi connectivity index (χ4n) is 2.69. The molecule has 3 N–H and O–H groups in total. The summed E-state index contributed by atoms with van der Waals surface area (Å²) in [5.41, 5.74) is 6.80. The first-order chi connectivity index (χ1) is 9.67. The highest BCUT2D eigenvalue weighted by Gasteiger charge is 2.24. The first-order valence-corrected chi connectivity index (χ1v) is 6.71. The lowest BCUT2D eigenvalue weighted by Gasteiger charge is -2.17. The smallest absolute Gasteiger partial charge is 0.260 e. The number of nitrogens with two attached hydrogens (primary N) is 1. The first kappa shape index (κ1) is 12.9. The van der Waals surface area contributed by atoms with Gasteiger partial charge < -0.3 is 15.4 Å². The lowest BCUT2D eigenvalue weighted by atomic mass is 10.1. The number of nitrogen functional groups attached to an aromatic ring is 1. The minimum absolute atomic E-state index is 0.146. The maximum Gasteiger partial charge on any atom is 0.260 e. The Morgan fingerprint density at radius 2 is 2.40 bits per heavy atom. The van der Waals surface area contributed by atoms with E-state index in [1.165, 1.54) is 0 Å². The molecule has 0 amide bonds. The summed E-state index contributed by atoms with van der Waals surface area (Å²) in [5, 5.41) is 0.529. The van der Waals surface area contributed by atoms with Crippen LogP contribution >= 0.6 is 0 Å². The molecule has 0 aliphatic carbocycles. The van der Waals surface area contributed by atoms with E-state index >= 15 is 0 Å². The average molecular weight is 274 g/mol. The summed E-state index contributed by atoms with van der Waals surface area (Å²) in [6, 6.07) is 5.20. The minimum atomic E-state index is -0.146. The second-order valence-corrected chi connectivity index (χ2v) is 5.22. The van der Waals surface area contributed by atoms with Crippen LogP contribution in [0.25, 0.3) is 10.9 Å². The van der Waals surface area contributed by atoms with E-state index in [2.05, 4.69) is 14.9 Å². The van der Waals surface area contributed by atoms with Crippen LogP contribution in [0.2, 0.25) is 0 Å². The Morgan fingerprint density at radius 1 is 1.55 bits per heavy atom. The number of ether oxygens (including phenoxy) is 1. The van der Waals surface area contributed by atoms with Crippen LogP contribution in [0.1, 0.15) is 6.42 Å². The molecule has 0 saturated carbocycles. The third-order valence-corrected chi connectivity index (χ3v) is 3.70. The van der Waals surface area contributed by atoms with E-state index in [1.807, 2.05) is 0 Å². The molecule has 1 aromatic carbocycles. The van der Waals surface area contributed by atoms with Gasteiger partial charge in [-0.2, -0.15) is 0 Å². The normalized spacial score (nSPS) is 18.9. The van der Waals surface area contributed by atoms with Gasteiger partial charge in [0.25, 0.3) is 5.56 Å². The minimum Gasteiger partial charge on any atom is -0.399 e. The van der Waals surface area contributed by atoms with Crippen LogP contribution in [0.3, 0.4) is 0 Å². The summed E-state index contributed by atoms with van der Waals surface area (Å²) in [6.45, 7) is 2.49. The molecule has 3 rings (SSSR count). The number of benzene rings is 1. The number of nitrogens with zero attached hydrogens (tertiary/aromatic N) is 2. The van der Waals surface area contributed by atoms with Gasteiger partial charge in [0.2, 0.25) is 5.95 Å². The Hall–Kier alpha value is -2.08. The van der Waals surface area contributed by atoms with Gasteiger partial charge in [0.05, 0.1) is 17.5 Å². The van der Waals surface area contributed by atoms with E-state index in [0.717, 1.165) is 26.1 Å². The summed E-state index contributed by atoms with van der Waals surface area (Å²) in [4.78, 5) is 21.6. The number of aromatic nitrogens is 2. The van der Waals surface area contributed by atoms with E-state index in [9.17, 15) is 4.79 Å². The van der Waals surface area contributed by atoms with E-state index in [-0.39, 0.29) is 5.56 Å². The predicted molar refractivity (Wildman–Crippen MR) is 79.0 cm³/mol. The van der Waals surface area contributed by atoms with Crippen molar-refractivity contribution in [2.45, 2.75) is 6.42 Å². The fourth-order valence-corrected chi connectivity index (χ4v) is 2.69. The quantitative estimate of drug-likeness (QED) is 0.815. The highest BCUT2D eigenvalue weighted by molar-refractivity contribution is 5.81. The van der Waals surface area contributed by atoms with Crippen molar-refractivity contribution >= 4 is 22.5 Å². The monoisotopic (exact) mass is 274 g/mol. The zero-order valence-electron chi connectivity index (χ0n) is 11.4. The van der Waals surface area contributed by atoms with Crippen molar-refractivity contribution in [2.75, 3.05) is 37.4 Å². The van der Waals surface area contributed by atoms with Crippen molar-refractivity contribution in [3.05, 3.63) is 28.6 Å². The molecule has 1 atom stereocenters. The maximum atomic E-state index is 12.1. The Morgan fingerprint density at radius 3 is 3.20 bits per heavy atom. The molecule has 1 saturated heterocycles. The van der Waals surface area contributed by atoms with Crippen LogP contribution in [0.4, 0.5) is 11.6 Å². The Bertz CT molecular complexity index is 682. The molecular formula is C14H18N4O2. The molecule has 0 radical (unpaired) electrons. The first-order valence-electron chi connectivity index (χ1n) is 6.71. The number of fused-ring (bicyclic) bond motifs is 1. The van der Waals surface area contributed by atoms with Crippen LogP contribution in [-0.2, 0) is 4.74 Å². The van der Waals surface area contributed by atoms with Gasteiger partial charge in [-0.1, -0.05) is 0 Å². The van der Waals surface area contributed by atoms with Crippen LogP contribution in [0.15, 0.2) is 23.0 Å². The van der Waals surface area contributed by atoms with E-state index in [0.29, 0.717) is 28.5 Å². The van der Waals surface area contributed by atoms with Gasteiger partial charge in [-0.25, -0.2) is 4.98 Å². The average Bonchev–Trinajstić information content (AvgIpc) is 2.88. The highest BCUT2D eigenvalue weighted by Crippen LogP contribution is 2.21. The van der Waals surface area contributed by atoms with Gasteiger partial charge in [-0.15, -0.1) is 0 Å². The van der Waals surface area contributed by atoms with Gasteiger partial charge in [0, 0.05) is 31.8 Å². The van der Waals surface area contributed by atoms with Crippen molar-refractivity contribution in [1.82, 2.24) is 9.97 Å². The van der Waals surface area contributed by atoms with Crippen molar-refractivity contribution in [3.8, 4) is 0 Å². The number of hydrogen-bond donors (Lipinski definition) is 2. The number of methoxy groups -OCH3 is 1. The summed E-state index contributed by atoms with van der Waals surface area (Å²) < 4.78 is 5.18. The van der Waals surface area contributed by atoms with Gasteiger partial charge in [0.1, 0.15) is 0 Å². The second-order valence-electron chi connectivity index (χ2n) is 5.22. The fraction of sp³-hybridized carbons (Fsp3) is 0.429. The van der Waals surface area contributed by atoms with Gasteiger partial charge in [0.15, 0.2) is 0 Å². The SMILES string of the molecule is COCC1CCN(c2nc3ccc(N)cc3c(=O)[nH]2)C1. The molecule has 0 bridgehead atoms.